The summed E-state index contributed by atoms with van der Waals surface area (Å²) in [4.78, 5) is 0. The average Bonchev–Trinajstić information content (AvgIpc) is 2.49. The van der Waals surface area contributed by atoms with Gasteiger partial charge in [-0.2, -0.15) is 0 Å². The van der Waals surface area contributed by atoms with Gasteiger partial charge in [0, 0.05) is 6.42 Å². The summed E-state index contributed by atoms with van der Waals surface area (Å²) in [7, 11) is 0. The molecule has 0 heterocycles. The van der Waals surface area contributed by atoms with Crippen LogP contribution in [0.25, 0.3) is 0 Å². The van der Waals surface area contributed by atoms with Gasteiger partial charge in [0.15, 0.2) is 0 Å². The number of benzene rings is 2. The Hall–Kier alpha value is -2.04. The van der Waals surface area contributed by atoms with Crippen LogP contribution in [0.15, 0.2) is 48.5 Å². The molecule has 2 atom stereocenters. The number of quaternary nitrogens is 1. The maximum absolute atomic E-state index is 10.3. The summed E-state index contributed by atoms with van der Waals surface area (Å²) in [6, 6.07) is 13.9. The number of rotatable bonds is 6. The monoisotopic (exact) mass is 288 g/mol. The topological polar surface area (TPSA) is 77.3 Å². The molecule has 0 aliphatic rings. The molecule has 2 aromatic rings. The molecule has 0 saturated carbocycles. The molecular weight excluding hydrogens is 266 g/mol. The van der Waals surface area contributed by atoms with Crippen LogP contribution in [0.4, 0.5) is 0 Å². The molecule has 0 radical (unpaired) electrons. The lowest BCUT2D eigenvalue weighted by Gasteiger charge is -2.18. The summed E-state index contributed by atoms with van der Waals surface area (Å²) < 4.78 is 0. The fraction of sp³-hybridized carbons (Fsp3) is 0.294. The largest absolute Gasteiger partial charge is 0.508 e. The molecule has 0 amide bonds. The van der Waals surface area contributed by atoms with Crippen LogP contribution in [0.5, 0.6) is 11.5 Å². The van der Waals surface area contributed by atoms with Gasteiger partial charge in [0.25, 0.3) is 0 Å². The van der Waals surface area contributed by atoms with E-state index in [0.717, 1.165) is 24.1 Å². The van der Waals surface area contributed by atoms with Gasteiger partial charge in [0.1, 0.15) is 23.6 Å². The molecule has 21 heavy (non-hydrogen) atoms. The minimum absolute atomic E-state index is 0.0339. The van der Waals surface area contributed by atoms with Crippen LogP contribution in [0.3, 0.4) is 0 Å². The normalized spacial score (nSPS) is 13.8. The molecule has 0 spiro atoms. The Bertz CT molecular complexity index is 551. The zero-order valence-corrected chi connectivity index (χ0v) is 12.1. The molecular formula is C17H22NO3+. The fourth-order valence-corrected chi connectivity index (χ4v) is 2.28. The van der Waals surface area contributed by atoms with Gasteiger partial charge in [-0.25, -0.2) is 0 Å². The molecule has 2 rings (SSSR count). The van der Waals surface area contributed by atoms with Gasteiger partial charge in [-0.3, -0.25) is 0 Å². The number of aliphatic hydroxyl groups is 1. The Balaban J connectivity index is 1.82. The van der Waals surface area contributed by atoms with Gasteiger partial charge in [0.2, 0.25) is 0 Å². The first-order valence-electron chi connectivity index (χ1n) is 7.14. The average molecular weight is 288 g/mol. The molecule has 0 aliphatic heterocycles. The maximum Gasteiger partial charge on any atom is 0.130 e. The quantitative estimate of drug-likeness (QED) is 0.647. The summed E-state index contributed by atoms with van der Waals surface area (Å²) in [5, 5.41) is 30.9. The van der Waals surface area contributed by atoms with Crippen molar-refractivity contribution in [3.8, 4) is 11.5 Å². The summed E-state index contributed by atoms with van der Waals surface area (Å²) in [6.45, 7) is 2.84. The number of hydrogen-bond donors (Lipinski definition) is 4. The van der Waals surface area contributed by atoms with Gasteiger partial charge in [-0.15, -0.1) is 0 Å². The molecule has 0 fully saturated rings. The number of aromatic hydroxyl groups is 2. The lowest BCUT2D eigenvalue weighted by Crippen LogP contribution is -2.90. The van der Waals surface area contributed by atoms with Crippen LogP contribution in [-0.2, 0) is 6.42 Å². The minimum atomic E-state index is -0.564. The molecule has 112 valence electrons. The number of hydrogen-bond acceptors (Lipinski definition) is 3. The van der Waals surface area contributed by atoms with Crippen LogP contribution in [0.2, 0.25) is 0 Å². The second-order valence-corrected chi connectivity index (χ2v) is 5.34. The van der Waals surface area contributed by atoms with Crippen LogP contribution in [0, 0.1) is 0 Å². The molecule has 4 heteroatoms. The maximum atomic E-state index is 10.3. The van der Waals surface area contributed by atoms with Crippen molar-refractivity contribution in [3.63, 3.8) is 0 Å². The summed E-state index contributed by atoms with van der Waals surface area (Å²) in [5.41, 5.74) is 1.97. The van der Waals surface area contributed by atoms with Crippen molar-refractivity contribution in [3.05, 3.63) is 59.7 Å². The van der Waals surface area contributed by atoms with E-state index >= 15 is 0 Å². The van der Waals surface area contributed by atoms with E-state index in [2.05, 4.69) is 5.32 Å². The Morgan fingerprint density at radius 2 is 1.43 bits per heavy atom. The van der Waals surface area contributed by atoms with Crippen molar-refractivity contribution in [1.29, 1.82) is 0 Å². The third-order valence-electron chi connectivity index (χ3n) is 3.64. The first-order chi connectivity index (χ1) is 10.1. The van der Waals surface area contributed by atoms with Crippen LogP contribution >= 0.6 is 0 Å². The second kappa shape index (κ2) is 7.11. The smallest absolute Gasteiger partial charge is 0.130 e. The summed E-state index contributed by atoms with van der Waals surface area (Å²) in [5.74, 6) is 0.480. The van der Waals surface area contributed by atoms with Gasteiger partial charge in [-0.05, 0) is 42.3 Å². The summed E-state index contributed by atoms with van der Waals surface area (Å²) >= 11 is 0. The van der Waals surface area contributed by atoms with E-state index in [0.29, 0.717) is 0 Å². The number of phenolic OH excluding ortho intramolecular Hbond substituents is 2. The number of nitrogens with two attached hydrogens (primary N) is 1. The van der Waals surface area contributed by atoms with Gasteiger partial charge < -0.3 is 20.6 Å². The van der Waals surface area contributed by atoms with Crippen molar-refractivity contribution < 1.29 is 20.6 Å². The highest BCUT2D eigenvalue weighted by molar-refractivity contribution is 5.27. The number of aliphatic hydroxyl groups excluding tert-OH is 1. The van der Waals surface area contributed by atoms with E-state index in [1.807, 2.05) is 19.1 Å². The van der Waals surface area contributed by atoms with Crippen molar-refractivity contribution >= 4 is 0 Å². The van der Waals surface area contributed by atoms with Gasteiger partial charge in [-0.1, -0.05) is 24.3 Å². The SMILES string of the molecule is C[C@H]([NH2+]CCc1ccc(O)cc1)[C@@H](O)c1ccc(O)cc1. The predicted molar refractivity (Wildman–Crippen MR) is 81.1 cm³/mol. The van der Waals surface area contributed by atoms with E-state index in [1.165, 1.54) is 0 Å². The van der Waals surface area contributed by atoms with Crippen molar-refractivity contribution in [1.82, 2.24) is 0 Å². The highest BCUT2D eigenvalue weighted by Gasteiger charge is 2.18. The van der Waals surface area contributed by atoms with Crippen molar-refractivity contribution in [2.24, 2.45) is 0 Å². The minimum Gasteiger partial charge on any atom is -0.508 e. The molecule has 5 N–H and O–H groups in total. The van der Waals surface area contributed by atoms with Gasteiger partial charge >= 0.3 is 0 Å². The molecule has 0 aromatic heterocycles. The second-order valence-electron chi connectivity index (χ2n) is 5.34. The Morgan fingerprint density at radius 1 is 0.905 bits per heavy atom. The van der Waals surface area contributed by atoms with E-state index in [1.54, 1.807) is 36.4 Å². The van der Waals surface area contributed by atoms with Crippen molar-refractivity contribution in [2.45, 2.75) is 25.5 Å². The number of phenols is 2. The Kier molecular flexibility index (Phi) is 5.20. The van der Waals surface area contributed by atoms with E-state index in [-0.39, 0.29) is 17.5 Å². The zero-order valence-electron chi connectivity index (χ0n) is 12.1. The third kappa shape index (κ3) is 4.48. The first kappa shape index (κ1) is 15.4. The zero-order chi connectivity index (χ0) is 15.2. The highest BCUT2D eigenvalue weighted by atomic mass is 16.3. The lowest BCUT2D eigenvalue weighted by molar-refractivity contribution is -0.694. The third-order valence-corrected chi connectivity index (χ3v) is 3.64. The Morgan fingerprint density at radius 3 is 2.00 bits per heavy atom. The van der Waals surface area contributed by atoms with Crippen LogP contribution in [-0.4, -0.2) is 27.9 Å². The summed E-state index contributed by atoms with van der Waals surface area (Å²) in [6.07, 6.45) is 0.317. The van der Waals surface area contributed by atoms with Crippen molar-refractivity contribution in [2.75, 3.05) is 6.54 Å². The molecule has 0 unspecified atom stereocenters. The standard InChI is InChI=1S/C17H21NO3/c1-12(17(21)14-4-8-16(20)9-5-14)18-11-10-13-2-6-15(19)7-3-13/h2-9,12,17-21H,10-11H2,1H3/p+1/t12-,17+/m0/s1. The van der Waals surface area contributed by atoms with E-state index < -0.39 is 6.10 Å². The molecule has 0 bridgehead atoms. The molecule has 4 nitrogen and oxygen atoms in total. The predicted octanol–water partition coefficient (Wildman–Crippen LogP) is 1.33. The van der Waals surface area contributed by atoms with E-state index in [9.17, 15) is 15.3 Å². The van der Waals surface area contributed by atoms with E-state index in [4.69, 9.17) is 0 Å². The van der Waals surface area contributed by atoms with Crippen LogP contribution < -0.4 is 5.32 Å². The lowest BCUT2D eigenvalue weighted by atomic mass is 10.0. The highest BCUT2D eigenvalue weighted by Crippen LogP contribution is 2.18. The Labute approximate surface area is 124 Å². The molecule has 0 aliphatic carbocycles. The molecule has 0 saturated heterocycles. The molecule has 2 aromatic carbocycles. The van der Waals surface area contributed by atoms with Gasteiger partial charge in [0.05, 0.1) is 6.54 Å². The fourth-order valence-electron chi connectivity index (χ4n) is 2.28. The first-order valence-corrected chi connectivity index (χ1v) is 7.14. The van der Waals surface area contributed by atoms with Crippen LogP contribution in [0.1, 0.15) is 24.2 Å².